The van der Waals surface area contributed by atoms with Crippen LogP contribution in [0.5, 0.6) is 0 Å². The second-order valence-electron chi connectivity index (χ2n) is 5.60. The smallest absolute Gasteiger partial charge is 0.320 e. The van der Waals surface area contributed by atoms with E-state index in [-0.39, 0.29) is 0 Å². The Kier molecular flexibility index (Phi) is 6.16. The van der Waals surface area contributed by atoms with Gasteiger partial charge in [-0.3, -0.25) is 14.3 Å². The lowest BCUT2D eigenvalue weighted by atomic mass is 10.2. The fourth-order valence-corrected chi connectivity index (χ4v) is 3.93. The molecule has 1 atom stereocenters. The molecule has 0 aromatic heterocycles. The molecule has 6 heteroatoms. The average molecular weight is 300 g/mol. The number of nitrogens with zero attached hydrogens (tertiary/aromatic N) is 2. The van der Waals surface area contributed by atoms with Gasteiger partial charge in [0.15, 0.2) is 0 Å². The molecule has 2 heterocycles. The number of carboxylic acids is 1. The summed E-state index contributed by atoms with van der Waals surface area (Å²) < 4.78 is 2.56. The van der Waals surface area contributed by atoms with Crippen LogP contribution in [-0.4, -0.2) is 63.7 Å². The van der Waals surface area contributed by atoms with Crippen molar-refractivity contribution >= 4 is 23.6 Å². The first kappa shape index (κ1) is 15.6. The molecule has 0 fully saturated rings. The van der Waals surface area contributed by atoms with Crippen molar-refractivity contribution in [1.82, 2.24) is 4.90 Å². The molecule has 2 aliphatic heterocycles. The van der Waals surface area contributed by atoms with Gasteiger partial charge >= 0.3 is 5.97 Å². The van der Waals surface area contributed by atoms with E-state index in [0.29, 0.717) is 6.42 Å². The molecule has 0 bridgehead atoms. The quantitative estimate of drug-likeness (QED) is 0.569. The SMILES string of the molecule is NC(CCSCN1CCC[N+]2=C1CCCCC2)C(=O)O. The first-order valence-corrected chi connectivity index (χ1v) is 8.76. The standard InChI is InChI=1S/C14H25N3O2S/c15-12(14(18)19)6-10-20-11-17-9-4-8-16-7-3-1-2-5-13(16)17/h12H,1-11,15H2/p+1. The van der Waals surface area contributed by atoms with Crippen LogP contribution in [0.2, 0.25) is 0 Å². The monoisotopic (exact) mass is 300 g/mol. The van der Waals surface area contributed by atoms with Crippen molar-refractivity contribution in [2.24, 2.45) is 5.73 Å². The summed E-state index contributed by atoms with van der Waals surface area (Å²) in [5.41, 5.74) is 5.52. The second-order valence-corrected chi connectivity index (χ2v) is 6.68. The summed E-state index contributed by atoms with van der Waals surface area (Å²) in [7, 11) is 0. The summed E-state index contributed by atoms with van der Waals surface area (Å²) in [5, 5.41) is 8.76. The molecule has 0 spiro atoms. The van der Waals surface area contributed by atoms with Crippen LogP contribution in [0.1, 0.15) is 38.5 Å². The van der Waals surface area contributed by atoms with Gasteiger partial charge in [0.05, 0.1) is 19.6 Å². The molecule has 20 heavy (non-hydrogen) atoms. The van der Waals surface area contributed by atoms with Crippen LogP contribution in [0, 0.1) is 0 Å². The van der Waals surface area contributed by atoms with E-state index in [1.807, 2.05) is 0 Å². The zero-order valence-corrected chi connectivity index (χ0v) is 12.9. The number of rotatable bonds is 6. The minimum Gasteiger partial charge on any atom is -0.480 e. The van der Waals surface area contributed by atoms with Crippen molar-refractivity contribution in [3.63, 3.8) is 0 Å². The zero-order chi connectivity index (χ0) is 14.4. The molecule has 0 saturated carbocycles. The largest absolute Gasteiger partial charge is 0.480 e. The summed E-state index contributed by atoms with van der Waals surface area (Å²) in [5.74, 6) is 2.41. The van der Waals surface area contributed by atoms with Crippen molar-refractivity contribution in [1.29, 1.82) is 0 Å². The van der Waals surface area contributed by atoms with Crippen LogP contribution < -0.4 is 5.73 Å². The molecule has 0 radical (unpaired) electrons. The highest BCUT2D eigenvalue weighted by Gasteiger charge is 2.28. The van der Waals surface area contributed by atoms with E-state index in [1.165, 1.54) is 51.0 Å². The maximum absolute atomic E-state index is 10.7. The van der Waals surface area contributed by atoms with E-state index < -0.39 is 12.0 Å². The van der Waals surface area contributed by atoms with Gasteiger partial charge in [0.2, 0.25) is 5.84 Å². The molecule has 114 valence electrons. The van der Waals surface area contributed by atoms with E-state index in [0.717, 1.165) is 18.2 Å². The number of aliphatic carboxylic acids is 1. The van der Waals surface area contributed by atoms with Crippen LogP contribution in [0.3, 0.4) is 0 Å². The predicted molar refractivity (Wildman–Crippen MR) is 82.3 cm³/mol. The highest BCUT2D eigenvalue weighted by molar-refractivity contribution is 7.99. The Morgan fingerprint density at radius 3 is 2.95 bits per heavy atom. The van der Waals surface area contributed by atoms with Crippen molar-refractivity contribution in [2.75, 3.05) is 31.3 Å². The number of hydrogen-bond donors (Lipinski definition) is 2. The molecule has 0 aliphatic carbocycles. The normalized spacial score (nSPS) is 21.4. The highest BCUT2D eigenvalue weighted by atomic mass is 32.2. The average Bonchev–Trinajstić information content (AvgIpc) is 2.68. The van der Waals surface area contributed by atoms with Gasteiger partial charge in [-0.1, -0.05) is 0 Å². The third-order valence-electron chi connectivity index (χ3n) is 4.05. The Labute approximate surface area is 125 Å². The number of carbonyl (C=O) groups is 1. The fourth-order valence-electron chi connectivity index (χ4n) is 2.88. The molecular formula is C14H26N3O2S+. The highest BCUT2D eigenvalue weighted by Crippen LogP contribution is 2.17. The second kappa shape index (κ2) is 7.88. The summed E-state index contributed by atoms with van der Waals surface area (Å²) in [4.78, 5) is 13.2. The Morgan fingerprint density at radius 1 is 1.35 bits per heavy atom. The lowest BCUT2D eigenvalue weighted by Crippen LogP contribution is -2.43. The first-order valence-electron chi connectivity index (χ1n) is 7.60. The van der Waals surface area contributed by atoms with Gasteiger partial charge in [-0.25, -0.2) is 0 Å². The van der Waals surface area contributed by atoms with Gasteiger partial charge in [-0.05, 0) is 31.4 Å². The van der Waals surface area contributed by atoms with Gasteiger partial charge in [0, 0.05) is 12.8 Å². The molecule has 1 unspecified atom stereocenters. The molecule has 0 aromatic rings. The van der Waals surface area contributed by atoms with E-state index in [1.54, 1.807) is 11.8 Å². The Bertz CT molecular complexity index is 373. The molecule has 0 aromatic carbocycles. The van der Waals surface area contributed by atoms with Crippen LogP contribution in [-0.2, 0) is 4.79 Å². The van der Waals surface area contributed by atoms with E-state index >= 15 is 0 Å². The van der Waals surface area contributed by atoms with E-state index in [9.17, 15) is 4.79 Å². The van der Waals surface area contributed by atoms with Crippen LogP contribution in [0.15, 0.2) is 0 Å². The Balaban J connectivity index is 1.78. The lowest BCUT2D eigenvalue weighted by molar-refractivity contribution is -0.538. The minimum atomic E-state index is -0.895. The van der Waals surface area contributed by atoms with Crippen molar-refractivity contribution < 1.29 is 14.5 Å². The minimum absolute atomic E-state index is 0.548. The maximum atomic E-state index is 10.7. The summed E-state index contributed by atoms with van der Waals surface area (Å²) >= 11 is 1.80. The Morgan fingerprint density at radius 2 is 2.15 bits per heavy atom. The lowest BCUT2D eigenvalue weighted by Gasteiger charge is -2.26. The molecule has 3 N–H and O–H groups in total. The molecule has 0 amide bonds. The number of carboxylic acid groups (broad SMARTS) is 1. The third-order valence-corrected chi connectivity index (χ3v) is 5.07. The topological polar surface area (TPSA) is 69.6 Å². The van der Waals surface area contributed by atoms with Crippen LogP contribution in [0.4, 0.5) is 0 Å². The first-order chi connectivity index (χ1) is 9.68. The zero-order valence-electron chi connectivity index (χ0n) is 12.1. The molecular weight excluding hydrogens is 274 g/mol. The van der Waals surface area contributed by atoms with Gasteiger partial charge in [0.25, 0.3) is 0 Å². The fraction of sp³-hybridized carbons (Fsp3) is 0.857. The third kappa shape index (κ3) is 4.38. The van der Waals surface area contributed by atoms with E-state index in [2.05, 4.69) is 9.48 Å². The molecule has 0 saturated heterocycles. The number of hydrogen-bond acceptors (Lipinski definition) is 4. The van der Waals surface area contributed by atoms with Gasteiger partial charge in [-0.2, -0.15) is 0 Å². The van der Waals surface area contributed by atoms with E-state index in [4.69, 9.17) is 10.8 Å². The van der Waals surface area contributed by atoms with Crippen LogP contribution in [0.25, 0.3) is 0 Å². The maximum Gasteiger partial charge on any atom is 0.320 e. The number of amidine groups is 1. The number of nitrogens with two attached hydrogens (primary N) is 1. The van der Waals surface area contributed by atoms with Gasteiger partial charge in [0.1, 0.15) is 11.9 Å². The molecule has 5 nitrogen and oxygen atoms in total. The van der Waals surface area contributed by atoms with Crippen molar-refractivity contribution in [3.8, 4) is 0 Å². The summed E-state index contributed by atoms with van der Waals surface area (Å²) in [6.45, 7) is 3.56. The molecule has 2 aliphatic rings. The van der Waals surface area contributed by atoms with Gasteiger partial charge < -0.3 is 10.8 Å². The molecule has 2 rings (SSSR count). The summed E-state index contributed by atoms with van der Waals surface area (Å²) in [6, 6.07) is -0.717. The van der Waals surface area contributed by atoms with Crippen LogP contribution >= 0.6 is 11.8 Å². The summed E-state index contributed by atoms with van der Waals surface area (Å²) in [6.07, 6.45) is 6.95. The van der Waals surface area contributed by atoms with Crippen molar-refractivity contribution in [2.45, 2.75) is 44.6 Å². The van der Waals surface area contributed by atoms with Gasteiger partial charge in [-0.15, -0.1) is 11.8 Å². The van der Waals surface area contributed by atoms with Crippen molar-refractivity contribution in [3.05, 3.63) is 0 Å². The predicted octanol–water partition coefficient (Wildman–Crippen LogP) is 1.17. The number of thioether (sulfide) groups is 1. The Hall–Kier alpha value is -0.750.